The van der Waals surface area contributed by atoms with Crippen LogP contribution in [0.2, 0.25) is 5.02 Å². The Balaban J connectivity index is 1.82. The smallest absolute Gasteiger partial charge is 0.322 e. The van der Waals surface area contributed by atoms with Crippen molar-refractivity contribution in [2.24, 2.45) is 0 Å². The number of carbonyl (C=O) groups is 3. The van der Waals surface area contributed by atoms with Gasteiger partial charge in [0.05, 0.1) is 16.6 Å². The van der Waals surface area contributed by atoms with Crippen molar-refractivity contribution in [3.05, 3.63) is 64.0 Å². The first-order valence-electron chi connectivity index (χ1n) is 8.22. The number of rotatable bonds is 3. The fourth-order valence-electron chi connectivity index (χ4n) is 2.93. The van der Waals surface area contributed by atoms with Gasteiger partial charge in [0.15, 0.2) is 5.78 Å². The summed E-state index contributed by atoms with van der Waals surface area (Å²) in [5.41, 5.74) is 2.12. The first-order valence-corrected chi connectivity index (χ1v) is 8.60. The lowest BCUT2D eigenvalue weighted by Crippen LogP contribution is -2.45. The van der Waals surface area contributed by atoms with Gasteiger partial charge in [-0.25, -0.2) is 9.18 Å². The second-order valence-corrected chi connectivity index (χ2v) is 6.67. The Kier molecular flexibility index (Phi) is 5.14. The molecule has 0 aromatic heterocycles. The van der Waals surface area contributed by atoms with Crippen LogP contribution in [0.4, 0.5) is 14.9 Å². The van der Waals surface area contributed by atoms with Gasteiger partial charge in [-0.05, 0) is 48.4 Å². The third-order valence-electron chi connectivity index (χ3n) is 4.60. The molecule has 0 saturated heterocycles. The highest BCUT2D eigenvalue weighted by molar-refractivity contribution is 6.31. The molecule has 0 fully saturated rings. The summed E-state index contributed by atoms with van der Waals surface area (Å²) in [5, 5.41) is 5.29. The molecular formula is C19H17ClFN3O3. The van der Waals surface area contributed by atoms with Crippen LogP contribution in [0.3, 0.4) is 0 Å². The summed E-state index contributed by atoms with van der Waals surface area (Å²) >= 11 is 5.73. The van der Waals surface area contributed by atoms with Crippen LogP contribution in [0, 0.1) is 5.82 Å². The number of benzene rings is 1. The molecule has 1 aromatic carbocycles. The van der Waals surface area contributed by atoms with Gasteiger partial charge in [0.25, 0.3) is 5.91 Å². The molecule has 0 saturated carbocycles. The number of allylic oxidation sites excluding steroid dienone is 3. The lowest BCUT2D eigenvalue weighted by Gasteiger charge is -2.32. The van der Waals surface area contributed by atoms with Crippen molar-refractivity contribution in [3.8, 4) is 0 Å². The number of urea groups is 1. The van der Waals surface area contributed by atoms with Crippen LogP contribution in [0.15, 0.2) is 53.1 Å². The molecule has 1 heterocycles. The Bertz CT molecular complexity index is 936. The zero-order valence-electron chi connectivity index (χ0n) is 14.7. The van der Waals surface area contributed by atoms with Crippen LogP contribution in [0.25, 0.3) is 0 Å². The average Bonchev–Trinajstić information content (AvgIpc) is 2.64. The van der Waals surface area contributed by atoms with Crippen LogP contribution in [-0.4, -0.2) is 42.3 Å². The molecule has 140 valence electrons. The first kappa shape index (κ1) is 18.8. The van der Waals surface area contributed by atoms with Gasteiger partial charge in [0.2, 0.25) is 0 Å². The molecule has 1 aromatic rings. The van der Waals surface area contributed by atoms with E-state index in [1.54, 1.807) is 13.1 Å². The molecule has 1 aliphatic heterocycles. The van der Waals surface area contributed by atoms with E-state index in [0.29, 0.717) is 16.8 Å². The molecule has 1 aliphatic carbocycles. The van der Waals surface area contributed by atoms with E-state index >= 15 is 0 Å². The molecule has 2 aliphatic rings. The van der Waals surface area contributed by atoms with Crippen LogP contribution in [-0.2, 0) is 9.59 Å². The van der Waals surface area contributed by atoms with Gasteiger partial charge >= 0.3 is 6.03 Å². The van der Waals surface area contributed by atoms with E-state index in [0.717, 1.165) is 5.57 Å². The first-order chi connectivity index (χ1) is 12.8. The molecule has 2 N–H and O–H groups in total. The fraction of sp³-hybridized carbons (Fsp3) is 0.211. The zero-order valence-corrected chi connectivity index (χ0v) is 15.4. The molecule has 3 amide bonds. The Morgan fingerprint density at radius 1 is 1.33 bits per heavy atom. The highest BCUT2D eigenvalue weighted by atomic mass is 35.5. The monoisotopic (exact) mass is 389 g/mol. The Hall–Kier alpha value is -2.93. The summed E-state index contributed by atoms with van der Waals surface area (Å²) in [6, 6.07) is 3.13. The van der Waals surface area contributed by atoms with Gasteiger partial charge in [-0.3, -0.25) is 9.59 Å². The summed E-state index contributed by atoms with van der Waals surface area (Å²) in [7, 11) is 1.61. The molecule has 0 radical (unpaired) electrons. The van der Waals surface area contributed by atoms with Gasteiger partial charge in [0.1, 0.15) is 5.82 Å². The van der Waals surface area contributed by atoms with E-state index in [2.05, 4.69) is 10.6 Å². The van der Waals surface area contributed by atoms with Crippen molar-refractivity contribution in [2.75, 3.05) is 18.9 Å². The van der Waals surface area contributed by atoms with Gasteiger partial charge < -0.3 is 15.5 Å². The van der Waals surface area contributed by atoms with E-state index < -0.39 is 11.8 Å². The molecule has 1 unspecified atom stereocenters. The van der Waals surface area contributed by atoms with Gasteiger partial charge in [0, 0.05) is 19.3 Å². The molecule has 1 atom stereocenters. The minimum Gasteiger partial charge on any atom is -0.348 e. The van der Waals surface area contributed by atoms with Gasteiger partial charge in [-0.15, -0.1) is 0 Å². The van der Waals surface area contributed by atoms with Crippen molar-refractivity contribution in [3.63, 3.8) is 0 Å². The molecule has 6 nitrogen and oxygen atoms in total. The van der Waals surface area contributed by atoms with Crippen molar-refractivity contribution < 1.29 is 18.8 Å². The summed E-state index contributed by atoms with van der Waals surface area (Å²) in [5.74, 6) is -1.14. The minimum atomic E-state index is -0.570. The number of halogens is 2. The Labute approximate surface area is 160 Å². The van der Waals surface area contributed by atoms with Crippen molar-refractivity contribution in [2.45, 2.75) is 13.0 Å². The number of fused-ring (bicyclic) bond motifs is 1. The van der Waals surface area contributed by atoms with E-state index in [1.807, 2.05) is 6.92 Å². The predicted octanol–water partition coefficient (Wildman–Crippen LogP) is 2.82. The summed E-state index contributed by atoms with van der Waals surface area (Å²) in [4.78, 5) is 37.6. The lowest BCUT2D eigenvalue weighted by molar-refractivity contribution is -0.118. The maximum atomic E-state index is 13.3. The number of amides is 3. The number of likely N-dealkylation sites (N-methyl/N-ethyl adjacent to an activating group) is 1. The molecule has 8 heteroatoms. The number of nitrogens with one attached hydrogen (secondary N) is 2. The largest absolute Gasteiger partial charge is 0.348 e. The second kappa shape index (κ2) is 7.36. The molecule has 3 rings (SSSR count). The topological polar surface area (TPSA) is 78.5 Å². The lowest BCUT2D eigenvalue weighted by atomic mass is 9.87. The maximum Gasteiger partial charge on any atom is 0.322 e. The summed E-state index contributed by atoms with van der Waals surface area (Å²) < 4.78 is 13.3. The van der Waals surface area contributed by atoms with E-state index in [9.17, 15) is 18.8 Å². The van der Waals surface area contributed by atoms with Crippen molar-refractivity contribution in [1.29, 1.82) is 0 Å². The molecule has 0 bridgehead atoms. The minimum absolute atomic E-state index is 0.0878. The van der Waals surface area contributed by atoms with Crippen LogP contribution >= 0.6 is 11.6 Å². The highest BCUT2D eigenvalue weighted by Gasteiger charge is 2.30. The van der Waals surface area contributed by atoms with Gasteiger partial charge in [-0.1, -0.05) is 17.7 Å². The third kappa shape index (κ3) is 3.78. The number of ketones is 1. The zero-order chi connectivity index (χ0) is 19.7. The maximum absolute atomic E-state index is 13.3. The molecule has 0 spiro atoms. The van der Waals surface area contributed by atoms with Crippen LogP contribution in [0.5, 0.6) is 0 Å². The molecular weight excluding hydrogens is 373 g/mol. The Morgan fingerprint density at radius 3 is 2.78 bits per heavy atom. The SMILES string of the molecule is CC(C1=C2C=CC(=O)C=C2C(=O)NC1)N(C)C(=O)Nc1ccc(F)c(Cl)c1. The number of anilines is 1. The predicted molar refractivity (Wildman–Crippen MR) is 99.9 cm³/mol. The number of hydrogen-bond donors (Lipinski definition) is 2. The van der Waals surface area contributed by atoms with Crippen molar-refractivity contribution >= 4 is 35.0 Å². The standard InChI is InChI=1S/C19H17ClFN3O3/c1-10(15-9-22-18(26)14-8-12(25)4-5-13(14)15)24(2)19(27)23-11-3-6-17(21)16(20)7-11/h3-8,10H,9H2,1-2H3,(H,22,26)(H,23,27). The second-order valence-electron chi connectivity index (χ2n) is 6.26. The average molecular weight is 390 g/mol. The normalized spacial score (nSPS) is 17.1. The number of hydrogen-bond acceptors (Lipinski definition) is 3. The quantitative estimate of drug-likeness (QED) is 0.834. The van der Waals surface area contributed by atoms with E-state index in [1.165, 1.54) is 35.3 Å². The summed E-state index contributed by atoms with van der Waals surface area (Å²) in [6.45, 7) is 2.09. The van der Waals surface area contributed by atoms with E-state index in [-0.39, 0.29) is 29.3 Å². The highest BCUT2D eigenvalue weighted by Crippen LogP contribution is 2.28. The van der Waals surface area contributed by atoms with Crippen LogP contribution < -0.4 is 10.6 Å². The third-order valence-corrected chi connectivity index (χ3v) is 4.89. The number of carbonyl (C=O) groups excluding carboxylic acids is 3. The summed E-state index contributed by atoms with van der Waals surface area (Å²) in [6.07, 6.45) is 4.29. The van der Waals surface area contributed by atoms with Crippen molar-refractivity contribution in [1.82, 2.24) is 10.2 Å². The fourth-order valence-corrected chi connectivity index (χ4v) is 3.11. The van der Waals surface area contributed by atoms with Gasteiger partial charge in [-0.2, -0.15) is 0 Å². The van der Waals surface area contributed by atoms with Crippen LogP contribution in [0.1, 0.15) is 6.92 Å². The number of nitrogens with zero attached hydrogens (tertiary/aromatic N) is 1. The van der Waals surface area contributed by atoms with E-state index in [4.69, 9.17) is 11.6 Å². The Morgan fingerprint density at radius 2 is 2.07 bits per heavy atom. The molecule has 27 heavy (non-hydrogen) atoms.